The number of aliphatic hydroxyl groups is 1. The number of rotatable bonds is 3. The number of aliphatic hydroxyl groups excluding tert-OH is 1. The number of hydrogen-bond donors (Lipinski definition) is 2. The first-order chi connectivity index (χ1) is 11.6. The average molecular weight is 393 g/mol. The van der Waals surface area contributed by atoms with Crippen molar-refractivity contribution in [3.63, 3.8) is 0 Å². The fourth-order valence-electron chi connectivity index (χ4n) is 2.88. The van der Waals surface area contributed by atoms with Crippen molar-refractivity contribution in [2.45, 2.75) is 29.0 Å². The highest BCUT2D eigenvalue weighted by molar-refractivity contribution is 7.91. The molecule has 25 heavy (non-hydrogen) atoms. The van der Waals surface area contributed by atoms with Gasteiger partial charge in [-0.3, -0.25) is 0 Å². The Labute approximate surface area is 145 Å². The average Bonchev–Trinajstić information content (AvgIpc) is 3.12. The van der Waals surface area contributed by atoms with Crippen LogP contribution in [0.4, 0.5) is 18.3 Å². The summed E-state index contributed by atoms with van der Waals surface area (Å²) in [5, 5.41) is 15.2. The Hall–Kier alpha value is -1.69. The molecule has 1 aromatic heterocycles. The van der Waals surface area contributed by atoms with Crippen LogP contribution in [-0.4, -0.2) is 31.2 Å². The summed E-state index contributed by atoms with van der Waals surface area (Å²) in [5.74, 6) is 0. The van der Waals surface area contributed by atoms with Gasteiger partial charge in [-0.05, 0) is 18.1 Å². The minimum Gasteiger partial charge on any atom is -0.391 e. The van der Waals surface area contributed by atoms with Gasteiger partial charge in [-0.2, -0.15) is 13.2 Å². The van der Waals surface area contributed by atoms with E-state index in [9.17, 15) is 26.7 Å². The van der Waals surface area contributed by atoms with Crippen LogP contribution in [0.3, 0.4) is 0 Å². The zero-order chi connectivity index (χ0) is 18.4. The summed E-state index contributed by atoms with van der Waals surface area (Å²) in [6.45, 7) is 0.0500. The van der Waals surface area contributed by atoms with Crippen molar-refractivity contribution in [1.29, 1.82) is 0 Å². The van der Waals surface area contributed by atoms with Crippen LogP contribution in [0.25, 0.3) is 0 Å². The monoisotopic (exact) mass is 393 g/mol. The molecule has 2 heterocycles. The van der Waals surface area contributed by atoms with Gasteiger partial charge in [0.05, 0.1) is 23.9 Å². The lowest BCUT2D eigenvalue weighted by atomic mass is 9.98. The number of aromatic nitrogens is 1. The molecule has 3 rings (SSSR count). The van der Waals surface area contributed by atoms with Crippen molar-refractivity contribution in [2.75, 3.05) is 11.4 Å². The molecule has 1 saturated heterocycles. The van der Waals surface area contributed by atoms with Crippen LogP contribution < -0.4 is 10.0 Å². The molecule has 0 radical (unpaired) electrons. The highest BCUT2D eigenvalue weighted by Crippen LogP contribution is 2.43. The first-order valence-corrected chi connectivity index (χ1v) is 9.53. The van der Waals surface area contributed by atoms with Crippen molar-refractivity contribution < 1.29 is 26.7 Å². The second-order valence-electron chi connectivity index (χ2n) is 5.65. The van der Waals surface area contributed by atoms with Crippen molar-refractivity contribution in [3.05, 3.63) is 41.6 Å². The number of alkyl halides is 3. The molecule has 1 aliphatic rings. The van der Waals surface area contributed by atoms with Gasteiger partial charge in [0.2, 0.25) is 10.0 Å². The standard InChI is InChI=1S/C14H14F3N3O3S2/c15-14(16,17)10-4-2-1-3-9(10)11-5-8(21)7-20(11)13-19-6-12(24-13)25(18,22)23/h1-4,6,8,11,21H,5,7H2,(H2,18,22,23). The molecule has 0 saturated carbocycles. The normalized spacial score (nSPS) is 21.7. The molecule has 2 unspecified atom stereocenters. The van der Waals surface area contributed by atoms with Gasteiger partial charge in [-0.1, -0.05) is 29.5 Å². The molecule has 1 aromatic carbocycles. The lowest BCUT2D eigenvalue weighted by Gasteiger charge is -2.26. The Kier molecular flexibility index (Phi) is 4.52. The van der Waals surface area contributed by atoms with Gasteiger partial charge in [0.15, 0.2) is 9.34 Å². The molecule has 0 amide bonds. The van der Waals surface area contributed by atoms with Gasteiger partial charge in [-0.25, -0.2) is 18.5 Å². The zero-order valence-corrected chi connectivity index (χ0v) is 14.3. The van der Waals surface area contributed by atoms with Crippen LogP contribution in [0.15, 0.2) is 34.7 Å². The predicted molar refractivity (Wildman–Crippen MR) is 85.6 cm³/mol. The number of anilines is 1. The van der Waals surface area contributed by atoms with Crippen LogP contribution in [0.2, 0.25) is 0 Å². The summed E-state index contributed by atoms with van der Waals surface area (Å²) in [7, 11) is -3.95. The minimum atomic E-state index is -4.54. The Bertz CT molecular complexity index is 883. The second-order valence-corrected chi connectivity index (χ2v) is 8.45. The topological polar surface area (TPSA) is 96.5 Å². The molecular formula is C14H14F3N3O3S2. The Morgan fingerprint density at radius 2 is 2.00 bits per heavy atom. The van der Waals surface area contributed by atoms with Crippen LogP contribution >= 0.6 is 11.3 Å². The van der Waals surface area contributed by atoms with E-state index in [1.165, 1.54) is 23.1 Å². The number of sulfonamides is 1. The van der Waals surface area contributed by atoms with E-state index in [0.29, 0.717) is 0 Å². The Balaban J connectivity index is 2.03. The Morgan fingerprint density at radius 3 is 2.60 bits per heavy atom. The summed E-state index contributed by atoms with van der Waals surface area (Å²) >= 11 is 0.760. The third kappa shape index (κ3) is 3.64. The van der Waals surface area contributed by atoms with Gasteiger partial charge in [-0.15, -0.1) is 0 Å². The van der Waals surface area contributed by atoms with Gasteiger partial charge in [0.1, 0.15) is 0 Å². The maximum absolute atomic E-state index is 13.3. The van der Waals surface area contributed by atoms with Gasteiger partial charge in [0, 0.05) is 6.54 Å². The molecule has 0 bridgehead atoms. The molecular weight excluding hydrogens is 379 g/mol. The first kappa shape index (κ1) is 18.1. The number of halogens is 3. The number of nitrogens with two attached hydrogens (primary N) is 1. The van der Waals surface area contributed by atoms with E-state index in [-0.39, 0.29) is 27.9 Å². The van der Waals surface area contributed by atoms with Crippen LogP contribution in [0, 0.1) is 0 Å². The lowest BCUT2D eigenvalue weighted by molar-refractivity contribution is -0.138. The van der Waals surface area contributed by atoms with E-state index in [1.54, 1.807) is 0 Å². The van der Waals surface area contributed by atoms with Crippen molar-refractivity contribution >= 4 is 26.5 Å². The van der Waals surface area contributed by atoms with Gasteiger partial charge in [0.25, 0.3) is 0 Å². The predicted octanol–water partition coefficient (Wildman–Crippen LogP) is 2.12. The highest BCUT2D eigenvalue weighted by atomic mass is 32.2. The maximum Gasteiger partial charge on any atom is 0.416 e. The van der Waals surface area contributed by atoms with E-state index in [4.69, 9.17) is 5.14 Å². The van der Waals surface area contributed by atoms with Gasteiger partial charge < -0.3 is 10.0 Å². The van der Waals surface area contributed by atoms with E-state index in [0.717, 1.165) is 23.6 Å². The molecule has 11 heteroatoms. The summed E-state index contributed by atoms with van der Waals surface area (Å²) in [5.41, 5.74) is -0.777. The molecule has 1 aliphatic heterocycles. The van der Waals surface area contributed by atoms with Crippen molar-refractivity contribution in [2.24, 2.45) is 5.14 Å². The summed E-state index contributed by atoms with van der Waals surface area (Å²) in [4.78, 5) is 5.44. The molecule has 3 N–H and O–H groups in total. The summed E-state index contributed by atoms with van der Waals surface area (Å²) in [6.07, 6.45) is -4.25. The van der Waals surface area contributed by atoms with E-state index in [2.05, 4.69) is 4.98 Å². The number of primary sulfonamides is 1. The van der Waals surface area contributed by atoms with Crippen LogP contribution in [0.5, 0.6) is 0 Å². The van der Waals surface area contributed by atoms with Crippen molar-refractivity contribution in [1.82, 2.24) is 4.98 Å². The lowest BCUT2D eigenvalue weighted by Crippen LogP contribution is -2.25. The number of β-amino-alcohol motifs (C(OH)–C–C–N with tert-alkyl or cyclic N) is 1. The third-order valence-electron chi connectivity index (χ3n) is 3.90. The quantitative estimate of drug-likeness (QED) is 0.833. The molecule has 0 spiro atoms. The van der Waals surface area contributed by atoms with E-state index < -0.39 is 33.9 Å². The number of thiazole rings is 1. The maximum atomic E-state index is 13.3. The van der Waals surface area contributed by atoms with Gasteiger partial charge >= 0.3 is 6.18 Å². The molecule has 0 aliphatic carbocycles. The molecule has 136 valence electrons. The SMILES string of the molecule is NS(=O)(=O)c1cnc(N2CC(O)CC2c2ccccc2C(F)(F)F)s1. The molecule has 1 fully saturated rings. The fourth-order valence-corrected chi connectivity index (χ4v) is 4.48. The third-order valence-corrected chi connectivity index (χ3v) is 6.34. The van der Waals surface area contributed by atoms with Crippen LogP contribution in [0.1, 0.15) is 23.6 Å². The number of hydrogen-bond acceptors (Lipinski definition) is 6. The first-order valence-electron chi connectivity index (χ1n) is 7.17. The smallest absolute Gasteiger partial charge is 0.391 e. The molecule has 2 aromatic rings. The Morgan fingerprint density at radius 1 is 1.32 bits per heavy atom. The fraction of sp³-hybridized carbons (Fsp3) is 0.357. The second kappa shape index (κ2) is 6.24. The van der Waals surface area contributed by atoms with Crippen LogP contribution in [-0.2, 0) is 16.2 Å². The van der Waals surface area contributed by atoms with E-state index in [1.807, 2.05) is 0 Å². The largest absolute Gasteiger partial charge is 0.416 e. The summed E-state index contributed by atoms with van der Waals surface area (Å²) in [6, 6.07) is 4.35. The number of nitrogens with zero attached hydrogens (tertiary/aromatic N) is 2. The molecule has 2 atom stereocenters. The summed E-state index contributed by atoms with van der Waals surface area (Å²) < 4.78 is 62.5. The zero-order valence-electron chi connectivity index (χ0n) is 12.6. The van der Waals surface area contributed by atoms with Crippen molar-refractivity contribution in [3.8, 4) is 0 Å². The minimum absolute atomic E-state index is 0.0129. The number of benzene rings is 1. The highest BCUT2D eigenvalue weighted by Gasteiger charge is 2.40. The molecule has 6 nitrogen and oxygen atoms in total. The van der Waals surface area contributed by atoms with E-state index >= 15 is 0 Å².